The second-order valence-corrected chi connectivity index (χ2v) is 4.86. The summed E-state index contributed by atoms with van der Waals surface area (Å²) in [6, 6.07) is 0. The topological polar surface area (TPSA) is 38.5 Å². The third-order valence-electron chi connectivity index (χ3n) is 3.96. The molecule has 1 spiro atoms. The summed E-state index contributed by atoms with van der Waals surface area (Å²) in [6.07, 6.45) is 5.49. The van der Waals surface area contributed by atoms with Crippen LogP contribution in [0.3, 0.4) is 0 Å². The molecule has 14 heavy (non-hydrogen) atoms. The largest absolute Gasteiger partial charge is 0.381 e. The molecular weight excluding hydrogens is 176 g/mol. The number of nitrogens with two attached hydrogens (primary N) is 1. The van der Waals surface area contributed by atoms with E-state index in [1.54, 1.807) is 0 Å². The van der Waals surface area contributed by atoms with E-state index in [9.17, 15) is 0 Å². The third-order valence-corrected chi connectivity index (χ3v) is 3.96. The molecule has 3 nitrogen and oxygen atoms in total. The molecule has 1 heterocycles. The summed E-state index contributed by atoms with van der Waals surface area (Å²) in [6.45, 7) is 5.92. The Balaban J connectivity index is 1.98. The van der Waals surface area contributed by atoms with E-state index < -0.39 is 0 Å². The van der Waals surface area contributed by atoms with Gasteiger partial charge in [-0.3, -0.25) is 5.84 Å². The summed E-state index contributed by atoms with van der Waals surface area (Å²) in [5.74, 6) is 6.61. The van der Waals surface area contributed by atoms with Crippen molar-refractivity contribution in [3.05, 3.63) is 0 Å². The maximum atomic E-state index is 5.93. The summed E-state index contributed by atoms with van der Waals surface area (Å²) in [4.78, 5) is 0. The van der Waals surface area contributed by atoms with Crippen LogP contribution in [0.25, 0.3) is 0 Å². The highest BCUT2D eigenvalue weighted by Crippen LogP contribution is 2.48. The molecule has 2 rings (SSSR count). The first-order valence-corrected chi connectivity index (χ1v) is 5.84. The van der Waals surface area contributed by atoms with Gasteiger partial charge in [0.2, 0.25) is 0 Å². The predicted molar refractivity (Wildman–Crippen MR) is 56.6 cm³/mol. The molecule has 2 N–H and O–H groups in total. The Morgan fingerprint density at radius 2 is 2.14 bits per heavy atom. The molecule has 3 heteroatoms. The lowest BCUT2D eigenvalue weighted by molar-refractivity contribution is 0.0688. The fraction of sp³-hybridized carbons (Fsp3) is 1.00. The van der Waals surface area contributed by atoms with Gasteiger partial charge in [-0.25, -0.2) is 5.01 Å². The molecule has 1 aliphatic carbocycles. The molecule has 1 aliphatic heterocycles. The normalized spacial score (nSPS) is 31.7. The Hall–Kier alpha value is -0.120. The molecule has 1 saturated carbocycles. The standard InChI is InChI=1S/C11H22N2O/c1-2-14-8-10-7-13(12)9-11(10)5-3-4-6-11/h10H,2-9,12H2,1H3/t10-/m0/s1. The molecular formula is C11H22N2O. The minimum Gasteiger partial charge on any atom is -0.381 e. The van der Waals surface area contributed by atoms with Gasteiger partial charge in [0.05, 0.1) is 6.61 Å². The predicted octanol–water partition coefficient (Wildman–Crippen LogP) is 1.39. The van der Waals surface area contributed by atoms with Crippen LogP contribution in [0, 0.1) is 11.3 Å². The second-order valence-electron chi connectivity index (χ2n) is 4.86. The fourth-order valence-corrected chi connectivity index (χ4v) is 3.21. The number of rotatable bonds is 3. The van der Waals surface area contributed by atoms with E-state index in [-0.39, 0.29) is 0 Å². The summed E-state index contributed by atoms with van der Waals surface area (Å²) >= 11 is 0. The number of hydrogen-bond acceptors (Lipinski definition) is 3. The lowest BCUT2D eigenvalue weighted by Crippen LogP contribution is -2.31. The van der Waals surface area contributed by atoms with E-state index in [2.05, 4.69) is 6.92 Å². The fourth-order valence-electron chi connectivity index (χ4n) is 3.21. The lowest BCUT2D eigenvalue weighted by Gasteiger charge is -2.29. The van der Waals surface area contributed by atoms with Crippen LogP contribution in [0.1, 0.15) is 32.6 Å². The number of nitrogens with zero attached hydrogens (tertiary/aromatic N) is 1. The third kappa shape index (κ3) is 1.81. The van der Waals surface area contributed by atoms with Crippen LogP contribution in [0.4, 0.5) is 0 Å². The smallest absolute Gasteiger partial charge is 0.0512 e. The highest BCUT2D eigenvalue weighted by molar-refractivity contribution is 4.97. The zero-order valence-corrected chi connectivity index (χ0v) is 9.17. The van der Waals surface area contributed by atoms with Gasteiger partial charge in [0.15, 0.2) is 0 Å². The monoisotopic (exact) mass is 198 g/mol. The number of hydrogen-bond donors (Lipinski definition) is 1. The van der Waals surface area contributed by atoms with E-state index in [1.165, 1.54) is 25.7 Å². The van der Waals surface area contributed by atoms with E-state index in [0.29, 0.717) is 11.3 Å². The van der Waals surface area contributed by atoms with E-state index in [0.717, 1.165) is 26.3 Å². The maximum absolute atomic E-state index is 5.93. The first-order valence-electron chi connectivity index (χ1n) is 5.84. The van der Waals surface area contributed by atoms with Gasteiger partial charge in [-0.15, -0.1) is 0 Å². The number of ether oxygens (including phenoxy) is 1. The van der Waals surface area contributed by atoms with Crippen LogP contribution in [-0.2, 0) is 4.74 Å². The molecule has 0 amide bonds. The van der Waals surface area contributed by atoms with Crippen molar-refractivity contribution in [1.82, 2.24) is 5.01 Å². The highest BCUT2D eigenvalue weighted by atomic mass is 16.5. The minimum atomic E-state index is 0.504. The molecule has 1 atom stereocenters. The Kier molecular flexibility index (Phi) is 3.10. The molecule has 2 fully saturated rings. The van der Waals surface area contributed by atoms with E-state index in [1.807, 2.05) is 5.01 Å². The Morgan fingerprint density at radius 1 is 1.43 bits per heavy atom. The molecule has 0 bridgehead atoms. The summed E-state index contributed by atoms with van der Waals surface area (Å²) in [7, 11) is 0. The summed E-state index contributed by atoms with van der Waals surface area (Å²) < 4.78 is 5.57. The zero-order valence-electron chi connectivity index (χ0n) is 9.17. The lowest BCUT2D eigenvalue weighted by atomic mass is 9.77. The van der Waals surface area contributed by atoms with Gasteiger partial charge in [-0.05, 0) is 25.2 Å². The van der Waals surface area contributed by atoms with E-state index in [4.69, 9.17) is 10.6 Å². The first kappa shape index (κ1) is 10.4. The van der Waals surface area contributed by atoms with Gasteiger partial charge in [-0.1, -0.05) is 12.8 Å². The molecule has 2 aliphatic rings. The Bertz CT molecular complexity index is 190. The van der Waals surface area contributed by atoms with Crippen LogP contribution >= 0.6 is 0 Å². The minimum absolute atomic E-state index is 0.504. The van der Waals surface area contributed by atoms with Gasteiger partial charge >= 0.3 is 0 Å². The van der Waals surface area contributed by atoms with Crippen molar-refractivity contribution in [2.75, 3.05) is 26.3 Å². The SMILES string of the molecule is CCOC[C@@H]1CN(N)CC12CCCC2. The zero-order chi connectivity index (χ0) is 10.0. The molecule has 82 valence electrons. The van der Waals surface area contributed by atoms with Crippen LogP contribution in [0.15, 0.2) is 0 Å². The second kappa shape index (κ2) is 4.17. The molecule has 0 aromatic carbocycles. The van der Waals surface area contributed by atoms with Crippen molar-refractivity contribution in [1.29, 1.82) is 0 Å². The van der Waals surface area contributed by atoms with Crippen molar-refractivity contribution in [3.63, 3.8) is 0 Å². The van der Waals surface area contributed by atoms with Gasteiger partial charge < -0.3 is 4.74 Å². The average molecular weight is 198 g/mol. The van der Waals surface area contributed by atoms with Crippen LogP contribution in [0.5, 0.6) is 0 Å². The van der Waals surface area contributed by atoms with Crippen LogP contribution in [-0.4, -0.2) is 31.3 Å². The average Bonchev–Trinajstić information content (AvgIpc) is 2.72. The summed E-state index contributed by atoms with van der Waals surface area (Å²) in [5, 5.41) is 2.00. The van der Waals surface area contributed by atoms with Gasteiger partial charge in [0, 0.05) is 25.6 Å². The van der Waals surface area contributed by atoms with Crippen LogP contribution in [0.2, 0.25) is 0 Å². The summed E-state index contributed by atoms with van der Waals surface area (Å²) in [5.41, 5.74) is 0.504. The van der Waals surface area contributed by atoms with Crippen molar-refractivity contribution in [3.8, 4) is 0 Å². The molecule has 0 unspecified atom stereocenters. The Morgan fingerprint density at radius 3 is 2.79 bits per heavy atom. The van der Waals surface area contributed by atoms with Gasteiger partial charge in [0.25, 0.3) is 0 Å². The molecule has 1 saturated heterocycles. The van der Waals surface area contributed by atoms with Crippen LogP contribution < -0.4 is 5.84 Å². The van der Waals surface area contributed by atoms with Crippen molar-refractivity contribution in [2.24, 2.45) is 17.2 Å². The molecule has 0 radical (unpaired) electrons. The van der Waals surface area contributed by atoms with Crippen molar-refractivity contribution < 1.29 is 4.74 Å². The van der Waals surface area contributed by atoms with Crippen molar-refractivity contribution >= 4 is 0 Å². The number of hydrazine groups is 1. The molecule has 0 aromatic heterocycles. The maximum Gasteiger partial charge on any atom is 0.0512 e. The Labute approximate surface area is 86.6 Å². The van der Waals surface area contributed by atoms with Crippen molar-refractivity contribution in [2.45, 2.75) is 32.6 Å². The van der Waals surface area contributed by atoms with Gasteiger partial charge in [0.1, 0.15) is 0 Å². The van der Waals surface area contributed by atoms with Gasteiger partial charge in [-0.2, -0.15) is 0 Å². The van der Waals surface area contributed by atoms with E-state index >= 15 is 0 Å². The molecule has 0 aromatic rings. The quantitative estimate of drug-likeness (QED) is 0.696. The highest BCUT2D eigenvalue weighted by Gasteiger charge is 2.47. The first-order chi connectivity index (χ1) is 6.77.